The van der Waals surface area contributed by atoms with Crippen LogP contribution in [0.5, 0.6) is 0 Å². The molecule has 0 aliphatic rings. The van der Waals surface area contributed by atoms with E-state index < -0.39 is 9.05 Å². The van der Waals surface area contributed by atoms with Gasteiger partial charge >= 0.3 is 0 Å². The molecule has 0 N–H and O–H groups in total. The fourth-order valence-corrected chi connectivity index (χ4v) is 3.41. The van der Waals surface area contributed by atoms with Crippen LogP contribution >= 0.6 is 33.6 Å². The summed E-state index contributed by atoms with van der Waals surface area (Å²) >= 11 is 6.80. The number of thiophene rings is 1. The standard InChI is InChI=1S/C7H3Cl2NO2S2/c8-7-6-4(1-2-10-7)3-5(13-6)14(9,11)12/h1-3H. The van der Waals surface area contributed by atoms with E-state index in [0.717, 1.165) is 16.7 Å². The van der Waals surface area contributed by atoms with E-state index in [1.165, 1.54) is 12.3 Å². The highest BCUT2D eigenvalue weighted by Crippen LogP contribution is 2.34. The maximum atomic E-state index is 11.0. The molecule has 0 radical (unpaired) electrons. The third-order valence-electron chi connectivity index (χ3n) is 1.61. The highest BCUT2D eigenvalue weighted by molar-refractivity contribution is 8.15. The first-order chi connectivity index (χ1) is 6.48. The van der Waals surface area contributed by atoms with Gasteiger partial charge in [-0.2, -0.15) is 0 Å². The van der Waals surface area contributed by atoms with E-state index in [1.54, 1.807) is 6.07 Å². The van der Waals surface area contributed by atoms with Crippen LogP contribution in [0.1, 0.15) is 0 Å². The quantitative estimate of drug-likeness (QED) is 0.590. The minimum Gasteiger partial charge on any atom is -0.243 e. The van der Waals surface area contributed by atoms with Crippen LogP contribution in [0.15, 0.2) is 22.5 Å². The predicted molar refractivity (Wildman–Crippen MR) is 57.7 cm³/mol. The summed E-state index contributed by atoms with van der Waals surface area (Å²) in [5, 5.41) is 1.02. The third kappa shape index (κ3) is 1.72. The van der Waals surface area contributed by atoms with Gasteiger partial charge in [-0.1, -0.05) is 11.6 Å². The minimum absolute atomic E-state index is 0.0871. The zero-order chi connectivity index (χ0) is 10.3. The summed E-state index contributed by atoms with van der Waals surface area (Å²) in [6, 6.07) is 3.17. The molecule has 2 rings (SSSR count). The van der Waals surface area contributed by atoms with Gasteiger partial charge in [0.2, 0.25) is 0 Å². The highest BCUT2D eigenvalue weighted by atomic mass is 35.7. The summed E-state index contributed by atoms with van der Waals surface area (Å²) in [6.45, 7) is 0. The maximum absolute atomic E-state index is 11.0. The Morgan fingerprint density at radius 3 is 2.71 bits per heavy atom. The van der Waals surface area contributed by atoms with Crippen LogP contribution in [-0.4, -0.2) is 13.4 Å². The molecule has 0 saturated carbocycles. The van der Waals surface area contributed by atoms with Crippen LogP contribution in [0.3, 0.4) is 0 Å². The number of hydrogen-bond donors (Lipinski definition) is 0. The molecule has 0 spiro atoms. The van der Waals surface area contributed by atoms with Gasteiger partial charge in [0.05, 0.1) is 4.70 Å². The lowest BCUT2D eigenvalue weighted by Gasteiger charge is -1.88. The third-order valence-corrected chi connectivity index (χ3v) is 5.24. The van der Waals surface area contributed by atoms with Gasteiger partial charge in [0, 0.05) is 16.9 Å². The number of aromatic nitrogens is 1. The molecule has 74 valence electrons. The van der Waals surface area contributed by atoms with Gasteiger partial charge in [-0.15, -0.1) is 11.3 Å². The molecule has 7 heteroatoms. The van der Waals surface area contributed by atoms with Crippen molar-refractivity contribution in [3.05, 3.63) is 23.5 Å². The molecule has 2 heterocycles. The number of hydrogen-bond acceptors (Lipinski definition) is 4. The van der Waals surface area contributed by atoms with E-state index in [1.807, 2.05) is 0 Å². The average Bonchev–Trinajstić information content (AvgIpc) is 2.48. The molecule has 0 unspecified atom stereocenters. The first-order valence-electron chi connectivity index (χ1n) is 3.47. The fourth-order valence-electron chi connectivity index (χ4n) is 1.03. The van der Waals surface area contributed by atoms with Crippen LogP contribution < -0.4 is 0 Å². The molecular formula is C7H3Cl2NO2S2. The topological polar surface area (TPSA) is 47.0 Å². The van der Waals surface area contributed by atoms with Crippen molar-refractivity contribution >= 4 is 52.8 Å². The minimum atomic E-state index is -3.68. The lowest BCUT2D eigenvalue weighted by atomic mass is 10.3. The average molecular weight is 268 g/mol. The van der Waals surface area contributed by atoms with Crippen molar-refractivity contribution in [2.75, 3.05) is 0 Å². The number of nitrogens with zero attached hydrogens (tertiary/aromatic N) is 1. The Bertz CT molecular complexity index is 591. The van der Waals surface area contributed by atoms with Gasteiger partial charge in [-0.25, -0.2) is 13.4 Å². The summed E-state index contributed by atoms with van der Waals surface area (Å²) in [5.74, 6) is 0. The van der Waals surface area contributed by atoms with Crippen molar-refractivity contribution in [1.29, 1.82) is 0 Å². The number of fused-ring (bicyclic) bond motifs is 1. The van der Waals surface area contributed by atoms with Crippen molar-refractivity contribution in [2.45, 2.75) is 4.21 Å². The lowest BCUT2D eigenvalue weighted by molar-refractivity contribution is 0.611. The first-order valence-corrected chi connectivity index (χ1v) is 6.97. The summed E-state index contributed by atoms with van der Waals surface area (Å²) in [5.41, 5.74) is 0. The summed E-state index contributed by atoms with van der Waals surface area (Å²) in [4.78, 5) is 3.84. The maximum Gasteiger partial charge on any atom is 0.270 e. The highest BCUT2D eigenvalue weighted by Gasteiger charge is 2.15. The zero-order valence-electron chi connectivity index (χ0n) is 6.57. The van der Waals surface area contributed by atoms with Crippen LogP contribution in [0, 0.1) is 0 Å². The SMILES string of the molecule is O=S(=O)(Cl)c1cc2ccnc(Cl)c2s1. The molecule has 0 amide bonds. The van der Waals surface area contributed by atoms with Crippen LogP contribution in [0.2, 0.25) is 5.15 Å². The smallest absolute Gasteiger partial charge is 0.243 e. The van der Waals surface area contributed by atoms with Gasteiger partial charge in [0.25, 0.3) is 9.05 Å². The molecule has 0 aliphatic heterocycles. The fraction of sp³-hybridized carbons (Fsp3) is 0. The monoisotopic (exact) mass is 267 g/mol. The number of halogens is 2. The molecule has 0 fully saturated rings. The van der Waals surface area contributed by atoms with E-state index in [-0.39, 0.29) is 4.21 Å². The molecule has 2 aromatic rings. The number of rotatable bonds is 1. The second-order valence-corrected chi connectivity index (χ2v) is 6.73. The van der Waals surface area contributed by atoms with E-state index in [2.05, 4.69) is 4.98 Å². The summed E-state index contributed by atoms with van der Waals surface area (Å²) < 4.78 is 22.8. The Balaban J connectivity index is 2.81. The molecule has 14 heavy (non-hydrogen) atoms. The van der Waals surface area contributed by atoms with Gasteiger partial charge in [-0.05, 0) is 17.5 Å². The Labute approximate surface area is 93.7 Å². The molecule has 0 aliphatic carbocycles. The molecule has 2 aromatic heterocycles. The van der Waals surface area contributed by atoms with Crippen LogP contribution in [0.25, 0.3) is 10.1 Å². The van der Waals surface area contributed by atoms with Crippen molar-refractivity contribution < 1.29 is 8.42 Å². The second-order valence-electron chi connectivity index (χ2n) is 2.52. The molecular weight excluding hydrogens is 265 g/mol. The largest absolute Gasteiger partial charge is 0.270 e. The molecule has 0 bridgehead atoms. The van der Waals surface area contributed by atoms with Gasteiger partial charge in [0.15, 0.2) is 0 Å². The summed E-state index contributed by atoms with van der Waals surface area (Å²) in [6.07, 6.45) is 1.52. The van der Waals surface area contributed by atoms with Gasteiger partial charge in [-0.3, -0.25) is 0 Å². The van der Waals surface area contributed by atoms with E-state index in [4.69, 9.17) is 22.3 Å². The van der Waals surface area contributed by atoms with Crippen molar-refractivity contribution in [3.8, 4) is 0 Å². The van der Waals surface area contributed by atoms with E-state index in [0.29, 0.717) is 9.85 Å². The molecule has 0 atom stereocenters. The van der Waals surface area contributed by atoms with E-state index >= 15 is 0 Å². The van der Waals surface area contributed by atoms with Crippen molar-refractivity contribution in [2.24, 2.45) is 0 Å². The first kappa shape index (κ1) is 10.2. The zero-order valence-corrected chi connectivity index (χ0v) is 9.71. The molecule has 3 nitrogen and oxygen atoms in total. The van der Waals surface area contributed by atoms with E-state index in [9.17, 15) is 8.42 Å². The van der Waals surface area contributed by atoms with Crippen molar-refractivity contribution in [3.63, 3.8) is 0 Å². The Hall–Kier alpha value is -0.360. The Morgan fingerprint density at radius 2 is 2.14 bits per heavy atom. The van der Waals surface area contributed by atoms with Gasteiger partial charge in [0.1, 0.15) is 9.36 Å². The van der Waals surface area contributed by atoms with Crippen LogP contribution in [0.4, 0.5) is 0 Å². The number of pyridine rings is 1. The van der Waals surface area contributed by atoms with Crippen molar-refractivity contribution in [1.82, 2.24) is 4.98 Å². The summed E-state index contributed by atoms with van der Waals surface area (Å²) in [7, 11) is 1.52. The Morgan fingerprint density at radius 1 is 1.43 bits per heavy atom. The second kappa shape index (κ2) is 3.34. The normalized spacial score (nSPS) is 12.1. The lowest BCUT2D eigenvalue weighted by Crippen LogP contribution is -1.83. The van der Waals surface area contributed by atoms with Crippen LogP contribution in [-0.2, 0) is 9.05 Å². The Kier molecular flexibility index (Phi) is 2.43. The predicted octanol–water partition coefficient (Wildman–Crippen LogP) is 2.88. The molecule has 0 aromatic carbocycles. The molecule has 0 saturated heterocycles. The van der Waals surface area contributed by atoms with Gasteiger partial charge < -0.3 is 0 Å².